The van der Waals surface area contributed by atoms with Crippen LogP contribution in [-0.4, -0.2) is 9.97 Å². The molecule has 10 aromatic rings. The fraction of sp³-hybridized carbons (Fsp3) is 0.0566. The number of hydrogen-bond donors (Lipinski definition) is 0. The van der Waals surface area contributed by atoms with E-state index in [1.807, 2.05) is 0 Å². The third kappa shape index (κ3) is 4.68. The van der Waals surface area contributed by atoms with Crippen molar-refractivity contribution in [2.45, 2.75) is 19.3 Å². The maximum absolute atomic E-state index is 5.09. The Labute approximate surface area is 320 Å². The summed E-state index contributed by atoms with van der Waals surface area (Å²) in [5, 5.41) is 4.64. The van der Waals surface area contributed by atoms with Crippen molar-refractivity contribution in [2.75, 3.05) is 0 Å². The molecule has 258 valence electrons. The van der Waals surface area contributed by atoms with Gasteiger partial charge in [0.1, 0.15) is 0 Å². The maximum atomic E-state index is 5.09. The Kier molecular flexibility index (Phi) is 6.93. The molecule has 0 N–H and O–H groups in total. The van der Waals surface area contributed by atoms with Crippen LogP contribution in [0.5, 0.6) is 0 Å². The highest BCUT2D eigenvalue weighted by atomic mass is 14.7. The molecule has 55 heavy (non-hydrogen) atoms. The average Bonchev–Trinajstić information content (AvgIpc) is 3.52. The number of para-hydroxylation sites is 4. The minimum Gasteiger partial charge on any atom is -0.248 e. The molecule has 0 atom stereocenters. The van der Waals surface area contributed by atoms with Crippen LogP contribution < -0.4 is 0 Å². The second-order valence-corrected chi connectivity index (χ2v) is 15.0. The zero-order valence-electron chi connectivity index (χ0n) is 30.7. The minimum atomic E-state index is -0.588. The second kappa shape index (κ2) is 12.1. The first kappa shape index (κ1) is 31.6. The zero-order chi connectivity index (χ0) is 36.7. The summed E-state index contributed by atoms with van der Waals surface area (Å²) in [6, 6.07) is 67.1. The van der Waals surface area contributed by atoms with Crippen molar-refractivity contribution in [2.24, 2.45) is 0 Å². The molecule has 1 aliphatic rings. The van der Waals surface area contributed by atoms with Crippen LogP contribution in [0.15, 0.2) is 182 Å². The number of aryl methyl sites for hydroxylation is 2. The van der Waals surface area contributed by atoms with E-state index in [1.165, 1.54) is 66.8 Å². The van der Waals surface area contributed by atoms with Gasteiger partial charge >= 0.3 is 0 Å². The number of benzene rings is 8. The topological polar surface area (TPSA) is 25.8 Å². The maximum Gasteiger partial charge on any atom is 0.0715 e. The quantitative estimate of drug-likeness (QED) is 0.171. The number of hydrogen-bond acceptors (Lipinski definition) is 2. The second-order valence-electron chi connectivity index (χ2n) is 15.0. The molecule has 2 heterocycles. The lowest BCUT2D eigenvalue weighted by molar-refractivity contribution is 0.768. The molecule has 8 aromatic carbocycles. The number of nitrogens with zero attached hydrogens (tertiary/aromatic N) is 2. The number of rotatable bonds is 4. The fourth-order valence-electron chi connectivity index (χ4n) is 9.33. The third-order valence-electron chi connectivity index (χ3n) is 11.9. The van der Waals surface area contributed by atoms with Crippen molar-refractivity contribution >= 4 is 43.6 Å². The fourth-order valence-corrected chi connectivity index (χ4v) is 9.33. The van der Waals surface area contributed by atoms with Gasteiger partial charge in [0.05, 0.1) is 27.5 Å². The van der Waals surface area contributed by atoms with Crippen LogP contribution in [0.4, 0.5) is 0 Å². The highest BCUT2D eigenvalue weighted by molar-refractivity contribution is 6.11. The first-order valence-corrected chi connectivity index (χ1v) is 19.1. The third-order valence-corrected chi connectivity index (χ3v) is 11.9. The van der Waals surface area contributed by atoms with Crippen molar-refractivity contribution in [3.8, 4) is 33.4 Å². The van der Waals surface area contributed by atoms with Crippen LogP contribution in [0.2, 0.25) is 0 Å². The van der Waals surface area contributed by atoms with E-state index in [-0.39, 0.29) is 0 Å². The highest BCUT2D eigenvalue weighted by Gasteiger charge is 2.46. The van der Waals surface area contributed by atoms with Crippen molar-refractivity contribution < 1.29 is 0 Å². The van der Waals surface area contributed by atoms with E-state index >= 15 is 0 Å². The molecule has 2 heteroatoms. The molecule has 0 radical (unpaired) electrons. The summed E-state index contributed by atoms with van der Waals surface area (Å²) in [6.07, 6.45) is 0. The lowest BCUT2D eigenvalue weighted by Gasteiger charge is -2.34. The van der Waals surface area contributed by atoms with E-state index in [2.05, 4.69) is 196 Å². The van der Waals surface area contributed by atoms with Crippen LogP contribution in [0.3, 0.4) is 0 Å². The molecular weight excluding hydrogens is 665 g/mol. The van der Waals surface area contributed by atoms with E-state index in [1.54, 1.807) is 0 Å². The Bertz CT molecular complexity index is 2830. The smallest absolute Gasteiger partial charge is 0.0715 e. The van der Waals surface area contributed by atoms with Gasteiger partial charge in [-0.25, -0.2) is 9.97 Å². The average molecular weight is 701 g/mol. The lowest BCUT2D eigenvalue weighted by Crippen LogP contribution is -2.28. The first-order valence-electron chi connectivity index (χ1n) is 19.1. The van der Waals surface area contributed by atoms with Gasteiger partial charge in [-0.15, -0.1) is 0 Å². The SMILES string of the molecule is Cc1ccc(C2(c3ccc(C)cc3)c3cc(-c4c5ccccc5nc5ccccc45)ccc3-c3ccc(-c4c5ccccc5nc5ccccc45)cc32)cc1. The summed E-state index contributed by atoms with van der Waals surface area (Å²) in [5.41, 5.74) is 18.4. The molecule has 1 aliphatic carbocycles. The normalized spacial score (nSPS) is 13.1. The van der Waals surface area contributed by atoms with Gasteiger partial charge in [0.2, 0.25) is 0 Å². The summed E-state index contributed by atoms with van der Waals surface area (Å²) in [7, 11) is 0. The van der Waals surface area contributed by atoms with E-state index in [0.717, 1.165) is 43.6 Å². The molecule has 11 rings (SSSR count). The Hall–Kier alpha value is -6.90. The molecule has 0 fully saturated rings. The molecular formula is C53H36N2. The Morgan fingerprint density at radius 1 is 0.345 bits per heavy atom. The molecule has 2 nitrogen and oxygen atoms in total. The Morgan fingerprint density at radius 2 is 0.673 bits per heavy atom. The van der Waals surface area contributed by atoms with E-state index in [0.29, 0.717) is 0 Å². The standard InChI is InChI=1S/C53H36N2/c1-33-19-25-37(26-20-33)53(38-27-21-34(2)22-28-38)45-31-35(51-41-11-3-7-15-47(41)54-48-16-8-4-12-42(48)51)23-29-39(45)40-30-24-36(32-46(40)53)52-43-13-5-9-17-49(43)55-50-18-10-6-14-44(50)52/h3-32H,1-2H3. The summed E-state index contributed by atoms with van der Waals surface area (Å²) in [5.74, 6) is 0. The van der Waals surface area contributed by atoms with E-state index in [9.17, 15) is 0 Å². The van der Waals surface area contributed by atoms with Gasteiger partial charge in [-0.2, -0.15) is 0 Å². The molecule has 0 unspecified atom stereocenters. The van der Waals surface area contributed by atoms with Crippen LogP contribution in [-0.2, 0) is 5.41 Å². The first-order chi connectivity index (χ1) is 27.1. The summed E-state index contributed by atoms with van der Waals surface area (Å²) < 4.78 is 0. The highest BCUT2D eigenvalue weighted by Crippen LogP contribution is 2.58. The predicted molar refractivity (Wildman–Crippen MR) is 230 cm³/mol. The zero-order valence-corrected chi connectivity index (χ0v) is 30.7. The van der Waals surface area contributed by atoms with Crippen molar-refractivity contribution in [1.29, 1.82) is 0 Å². The molecule has 0 saturated heterocycles. The van der Waals surface area contributed by atoms with Gasteiger partial charge < -0.3 is 0 Å². The molecule has 2 aromatic heterocycles. The summed E-state index contributed by atoms with van der Waals surface area (Å²) in [6.45, 7) is 4.35. The molecule has 0 spiro atoms. The minimum absolute atomic E-state index is 0.588. The Balaban J connectivity index is 1.26. The summed E-state index contributed by atoms with van der Waals surface area (Å²) in [4.78, 5) is 10.2. The Morgan fingerprint density at radius 3 is 1.02 bits per heavy atom. The number of fused-ring (bicyclic) bond motifs is 7. The van der Waals surface area contributed by atoms with Crippen LogP contribution in [0.1, 0.15) is 33.4 Å². The van der Waals surface area contributed by atoms with Gasteiger partial charge in [-0.3, -0.25) is 0 Å². The van der Waals surface area contributed by atoms with Crippen molar-refractivity contribution in [3.63, 3.8) is 0 Å². The molecule has 0 saturated carbocycles. The van der Waals surface area contributed by atoms with E-state index < -0.39 is 5.41 Å². The van der Waals surface area contributed by atoms with Crippen molar-refractivity contribution in [3.05, 3.63) is 215 Å². The van der Waals surface area contributed by atoms with Crippen LogP contribution in [0, 0.1) is 13.8 Å². The largest absolute Gasteiger partial charge is 0.248 e. The predicted octanol–water partition coefficient (Wildman–Crippen LogP) is 13.4. The van der Waals surface area contributed by atoms with Crippen molar-refractivity contribution in [1.82, 2.24) is 9.97 Å². The summed E-state index contributed by atoms with van der Waals surface area (Å²) >= 11 is 0. The van der Waals surface area contributed by atoms with Gasteiger partial charge in [0.25, 0.3) is 0 Å². The van der Waals surface area contributed by atoms with Crippen LogP contribution >= 0.6 is 0 Å². The van der Waals surface area contributed by atoms with Gasteiger partial charge in [-0.05, 0) is 94.8 Å². The number of aromatic nitrogens is 2. The monoisotopic (exact) mass is 700 g/mol. The van der Waals surface area contributed by atoms with Gasteiger partial charge in [-0.1, -0.05) is 157 Å². The van der Waals surface area contributed by atoms with E-state index in [4.69, 9.17) is 9.97 Å². The van der Waals surface area contributed by atoms with Crippen LogP contribution in [0.25, 0.3) is 77.0 Å². The molecule has 0 bridgehead atoms. The van der Waals surface area contributed by atoms with Gasteiger partial charge in [0, 0.05) is 32.7 Å². The molecule has 0 aliphatic heterocycles. The lowest BCUT2D eigenvalue weighted by atomic mass is 9.67. The van der Waals surface area contributed by atoms with Gasteiger partial charge in [0.15, 0.2) is 0 Å². The number of pyridine rings is 2. The molecule has 0 amide bonds.